The normalized spacial score (nSPS) is 16.5. The summed E-state index contributed by atoms with van der Waals surface area (Å²) in [6.07, 6.45) is 1.75. The van der Waals surface area contributed by atoms with Crippen LogP contribution in [0.2, 0.25) is 5.02 Å². The van der Waals surface area contributed by atoms with E-state index in [9.17, 15) is 4.79 Å². The van der Waals surface area contributed by atoms with Crippen molar-refractivity contribution in [3.05, 3.63) is 59.4 Å². The second-order valence-corrected chi connectivity index (χ2v) is 7.29. The number of halogens is 1. The number of nitrogens with one attached hydrogen (secondary N) is 1. The first-order valence-corrected chi connectivity index (χ1v) is 9.80. The Kier molecular flexibility index (Phi) is 5.67. The van der Waals surface area contributed by atoms with E-state index in [1.807, 2.05) is 36.4 Å². The van der Waals surface area contributed by atoms with Gasteiger partial charge in [-0.1, -0.05) is 28.9 Å². The molecule has 0 spiro atoms. The van der Waals surface area contributed by atoms with E-state index in [-0.39, 0.29) is 11.9 Å². The number of hydrogen-bond donors (Lipinski definition) is 1. The molecule has 4 rings (SSSR count). The van der Waals surface area contributed by atoms with Gasteiger partial charge < -0.3 is 19.5 Å². The highest BCUT2D eigenvalue weighted by Gasteiger charge is 2.29. The van der Waals surface area contributed by atoms with Crippen molar-refractivity contribution in [3.63, 3.8) is 0 Å². The van der Waals surface area contributed by atoms with Gasteiger partial charge in [0.25, 0.3) is 0 Å². The summed E-state index contributed by atoms with van der Waals surface area (Å²) in [7, 11) is 1.62. The van der Waals surface area contributed by atoms with Crippen LogP contribution in [0.15, 0.2) is 53.1 Å². The minimum atomic E-state index is -0.183. The van der Waals surface area contributed by atoms with Gasteiger partial charge in [-0.05, 0) is 49.2 Å². The van der Waals surface area contributed by atoms with Crippen LogP contribution in [0, 0.1) is 0 Å². The number of piperidine rings is 1. The largest absolute Gasteiger partial charge is 0.497 e. The van der Waals surface area contributed by atoms with Gasteiger partial charge in [0, 0.05) is 18.7 Å². The maximum atomic E-state index is 12.7. The zero-order chi connectivity index (χ0) is 20.2. The number of rotatable bonds is 4. The number of ether oxygens (including phenoxy) is 1. The van der Waals surface area contributed by atoms with Crippen LogP contribution in [-0.4, -0.2) is 41.3 Å². The number of methoxy groups -OCH3 is 1. The van der Waals surface area contributed by atoms with Crippen molar-refractivity contribution >= 4 is 23.3 Å². The third-order valence-electron chi connectivity index (χ3n) is 4.96. The minimum Gasteiger partial charge on any atom is -0.497 e. The number of carbonyl (C=O) groups is 1. The maximum Gasteiger partial charge on any atom is 0.321 e. The molecule has 0 aliphatic carbocycles. The number of anilines is 1. The average molecular weight is 413 g/mol. The molecule has 2 aromatic carbocycles. The SMILES string of the molecule is COc1ccc(-c2noc([C@@H]3CCCN(C(=O)Nc4ccccc4Cl)C3)n2)cc1. The van der Waals surface area contributed by atoms with E-state index in [2.05, 4.69) is 15.5 Å². The molecule has 1 aliphatic heterocycles. The molecule has 0 bridgehead atoms. The standard InChI is InChI=1S/C21H21ClN4O3/c1-28-16-10-8-14(9-11-16)19-24-20(29-25-19)15-5-4-12-26(13-15)21(27)23-18-7-3-2-6-17(18)22/h2-3,6-11,15H,4-5,12-13H2,1H3,(H,23,27)/t15-/m1/s1. The summed E-state index contributed by atoms with van der Waals surface area (Å²) in [5.74, 6) is 1.84. The van der Waals surface area contributed by atoms with Crippen molar-refractivity contribution in [2.45, 2.75) is 18.8 Å². The first-order valence-electron chi connectivity index (χ1n) is 9.42. The van der Waals surface area contributed by atoms with E-state index in [0.29, 0.717) is 35.5 Å². The molecule has 3 aromatic rings. The lowest BCUT2D eigenvalue weighted by atomic mass is 9.98. The molecule has 1 fully saturated rings. The number of para-hydroxylation sites is 1. The van der Waals surface area contributed by atoms with Crippen molar-refractivity contribution < 1.29 is 14.1 Å². The summed E-state index contributed by atoms with van der Waals surface area (Å²) in [5, 5.41) is 7.48. The lowest BCUT2D eigenvalue weighted by Crippen LogP contribution is -2.41. The predicted octanol–water partition coefficient (Wildman–Crippen LogP) is 4.81. The molecule has 1 aromatic heterocycles. The third-order valence-corrected chi connectivity index (χ3v) is 5.29. The molecule has 1 saturated heterocycles. The first kappa shape index (κ1) is 19.3. The highest BCUT2D eigenvalue weighted by atomic mass is 35.5. The van der Waals surface area contributed by atoms with Gasteiger partial charge >= 0.3 is 6.03 Å². The summed E-state index contributed by atoms with van der Waals surface area (Å²) in [4.78, 5) is 19.0. The summed E-state index contributed by atoms with van der Waals surface area (Å²) < 4.78 is 10.7. The second-order valence-electron chi connectivity index (χ2n) is 6.88. The molecule has 0 radical (unpaired) electrons. The maximum absolute atomic E-state index is 12.7. The zero-order valence-corrected chi connectivity index (χ0v) is 16.7. The van der Waals surface area contributed by atoms with Crippen molar-refractivity contribution in [2.24, 2.45) is 0 Å². The number of likely N-dealkylation sites (tertiary alicyclic amines) is 1. The van der Waals surface area contributed by atoms with Crippen LogP contribution in [0.5, 0.6) is 5.75 Å². The lowest BCUT2D eigenvalue weighted by molar-refractivity contribution is 0.184. The van der Waals surface area contributed by atoms with Crippen molar-refractivity contribution in [1.29, 1.82) is 0 Å². The van der Waals surface area contributed by atoms with E-state index in [4.69, 9.17) is 20.9 Å². The van der Waals surface area contributed by atoms with Gasteiger partial charge in [-0.25, -0.2) is 4.79 Å². The molecule has 0 saturated carbocycles. The van der Waals surface area contributed by atoms with Crippen molar-refractivity contribution in [1.82, 2.24) is 15.0 Å². The van der Waals surface area contributed by atoms with Crippen LogP contribution < -0.4 is 10.1 Å². The highest BCUT2D eigenvalue weighted by molar-refractivity contribution is 6.33. The molecule has 2 amide bonds. The summed E-state index contributed by atoms with van der Waals surface area (Å²) in [6, 6.07) is 14.5. The van der Waals surface area contributed by atoms with E-state index in [0.717, 1.165) is 24.2 Å². The first-order chi connectivity index (χ1) is 14.1. The lowest BCUT2D eigenvalue weighted by Gasteiger charge is -2.31. The number of hydrogen-bond acceptors (Lipinski definition) is 5. The van der Waals surface area contributed by atoms with Crippen molar-refractivity contribution in [2.75, 3.05) is 25.5 Å². The molecule has 8 heteroatoms. The molecule has 1 aliphatic rings. The van der Waals surface area contributed by atoms with Gasteiger partial charge in [-0.3, -0.25) is 0 Å². The number of amides is 2. The Hall–Kier alpha value is -3.06. The third kappa shape index (κ3) is 4.35. The second kappa shape index (κ2) is 8.53. The Morgan fingerprint density at radius 3 is 2.79 bits per heavy atom. The number of nitrogens with zero attached hydrogens (tertiary/aromatic N) is 3. The number of urea groups is 1. The molecule has 0 unspecified atom stereocenters. The topological polar surface area (TPSA) is 80.5 Å². The Morgan fingerprint density at radius 2 is 2.03 bits per heavy atom. The Bertz CT molecular complexity index is 990. The fraction of sp³-hybridized carbons (Fsp3) is 0.286. The van der Waals surface area contributed by atoms with Crippen LogP contribution in [0.4, 0.5) is 10.5 Å². The van der Waals surface area contributed by atoms with Crippen LogP contribution >= 0.6 is 11.6 Å². The van der Waals surface area contributed by atoms with Gasteiger partial charge in [0.1, 0.15) is 5.75 Å². The number of carbonyl (C=O) groups excluding carboxylic acids is 1. The van der Waals surface area contributed by atoms with E-state index in [1.54, 1.807) is 24.1 Å². The van der Waals surface area contributed by atoms with Gasteiger partial charge in [0.05, 0.1) is 23.7 Å². The zero-order valence-electron chi connectivity index (χ0n) is 16.0. The van der Waals surface area contributed by atoms with Crippen LogP contribution in [-0.2, 0) is 0 Å². The predicted molar refractivity (Wildman–Crippen MR) is 110 cm³/mol. The Labute approximate surface area is 173 Å². The molecular formula is C21H21ClN4O3. The van der Waals surface area contributed by atoms with Gasteiger partial charge in [-0.15, -0.1) is 0 Å². The van der Waals surface area contributed by atoms with Gasteiger partial charge in [0.2, 0.25) is 11.7 Å². The van der Waals surface area contributed by atoms with Gasteiger partial charge in [-0.2, -0.15) is 4.98 Å². The fourth-order valence-corrected chi connectivity index (χ4v) is 3.56. The van der Waals surface area contributed by atoms with Crippen LogP contribution in [0.3, 0.4) is 0 Å². The van der Waals surface area contributed by atoms with Crippen LogP contribution in [0.25, 0.3) is 11.4 Å². The molecule has 150 valence electrons. The van der Waals surface area contributed by atoms with Gasteiger partial charge in [0.15, 0.2) is 0 Å². The molecule has 1 atom stereocenters. The molecular weight excluding hydrogens is 392 g/mol. The monoisotopic (exact) mass is 412 g/mol. The molecule has 29 heavy (non-hydrogen) atoms. The molecule has 7 nitrogen and oxygen atoms in total. The quantitative estimate of drug-likeness (QED) is 0.665. The molecule has 2 heterocycles. The van der Waals surface area contributed by atoms with Crippen LogP contribution in [0.1, 0.15) is 24.7 Å². The Balaban J connectivity index is 1.44. The fourth-order valence-electron chi connectivity index (χ4n) is 3.38. The van der Waals surface area contributed by atoms with Crippen molar-refractivity contribution in [3.8, 4) is 17.1 Å². The summed E-state index contributed by atoms with van der Waals surface area (Å²) in [5.41, 5.74) is 1.45. The Morgan fingerprint density at radius 1 is 1.24 bits per heavy atom. The summed E-state index contributed by atoms with van der Waals surface area (Å²) in [6.45, 7) is 1.19. The van der Waals surface area contributed by atoms with E-state index in [1.165, 1.54) is 0 Å². The molecule has 1 N–H and O–H groups in total. The average Bonchev–Trinajstić information content (AvgIpc) is 3.26. The highest BCUT2D eigenvalue weighted by Crippen LogP contribution is 2.29. The van der Waals surface area contributed by atoms with E-state index >= 15 is 0 Å². The minimum absolute atomic E-state index is 0.000226. The smallest absolute Gasteiger partial charge is 0.321 e. The summed E-state index contributed by atoms with van der Waals surface area (Å²) >= 11 is 6.14. The van der Waals surface area contributed by atoms with E-state index < -0.39 is 0 Å². The number of benzene rings is 2. The number of aromatic nitrogens is 2.